The average molecular weight is 460 g/mol. The van der Waals surface area contributed by atoms with Gasteiger partial charge in [0.1, 0.15) is 0 Å². The van der Waals surface area contributed by atoms with Gasteiger partial charge in [-0.15, -0.1) is 0 Å². The van der Waals surface area contributed by atoms with Gasteiger partial charge in [0.15, 0.2) is 0 Å². The molecule has 0 unspecified atom stereocenters. The number of anilines is 1. The lowest BCUT2D eigenvalue weighted by Crippen LogP contribution is -2.13. The smallest absolute Gasteiger partial charge is 0.256 e. The minimum atomic E-state index is -0.174. The molecule has 3 rings (SSSR count). The van der Waals surface area contributed by atoms with Crippen molar-refractivity contribution in [2.45, 2.75) is 0 Å². The number of hydrogen-bond acceptors (Lipinski definition) is 1. The van der Waals surface area contributed by atoms with Gasteiger partial charge >= 0.3 is 0 Å². The number of amides is 1. The molecule has 1 N–H and O–H groups in total. The van der Waals surface area contributed by atoms with E-state index in [-0.39, 0.29) is 5.91 Å². The Labute approximate surface area is 165 Å². The topological polar surface area (TPSA) is 29.1 Å². The van der Waals surface area contributed by atoms with Crippen molar-refractivity contribution < 1.29 is 4.79 Å². The van der Waals surface area contributed by atoms with Gasteiger partial charge in [0.05, 0.1) is 0 Å². The maximum atomic E-state index is 12.9. The molecule has 3 aromatic rings. The second-order valence-corrected chi connectivity index (χ2v) is 7.06. The largest absolute Gasteiger partial charge is 0.322 e. The summed E-state index contributed by atoms with van der Waals surface area (Å²) in [7, 11) is 0. The molecule has 124 valence electrons. The third-order valence-electron chi connectivity index (χ3n) is 3.64. The fraction of sp³-hybridized carbons (Fsp3) is 0. The van der Waals surface area contributed by atoms with Crippen LogP contribution in [0.4, 0.5) is 5.69 Å². The Balaban J connectivity index is 1.98. The molecule has 0 heterocycles. The highest BCUT2D eigenvalue weighted by molar-refractivity contribution is 14.1. The monoisotopic (exact) mass is 459 g/mol. The molecular weight excluding hydrogens is 445 g/mol. The number of benzene rings is 3. The molecular formula is C21H15ClINO. The van der Waals surface area contributed by atoms with Crippen LogP contribution >= 0.6 is 34.2 Å². The summed E-state index contributed by atoms with van der Waals surface area (Å²) < 4.78 is 1.12. The summed E-state index contributed by atoms with van der Waals surface area (Å²) in [6, 6.07) is 24.7. The third kappa shape index (κ3) is 4.71. The van der Waals surface area contributed by atoms with Gasteiger partial charge in [-0.1, -0.05) is 60.1 Å². The molecule has 25 heavy (non-hydrogen) atoms. The summed E-state index contributed by atoms with van der Waals surface area (Å²) in [5.74, 6) is -0.174. The highest BCUT2D eigenvalue weighted by Crippen LogP contribution is 2.24. The van der Waals surface area contributed by atoms with Crippen LogP contribution in [-0.2, 0) is 4.79 Å². The first kappa shape index (κ1) is 17.7. The van der Waals surface area contributed by atoms with Gasteiger partial charge in [0.2, 0.25) is 0 Å². The van der Waals surface area contributed by atoms with Crippen molar-refractivity contribution in [1.82, 2.24) is 0 Å². The number of hydrogen-bond donors (Lipinski definition) is 1. The summed E-state index contributed by atoms with van der Waals surface area (Å²) in [6.07, 6.45) is 1.82. The zero-order valence-electron chi connectivity index (χ0n) is 13.2. The van der Waals surface area contributed by atoms with E-state index >= 15 is 0 Å². The summed E-state index contributed by atoms with van der Waals surface area (Å²) in [5.41, 5.74) is 2.96. The van der Waals surface area contributed by atoms with Crippen LogP contribution in [0.25, 0.3) is 11.6 Å². The van der Waals surface area contributed by atoms with Crippen LogP contribution in [0.5, 0.6) is 0 Å². The molecule has 4 heteroatoms. The van der Waals surface area contributed by atoms with Crippen LogP contribution in [0.2, 0.25) is 5.02 Å². The van der Waals surface area contributed by atoms with Crippen molar-refractivity contribution in [1.29, 1.82) is 0 Å². The Morgan fingerprint density at radius 2 is 1.52 bits per heavy atom. The average Bonchev–Trinajstić information content (AvgIpc) is 2.63. The Kier molecular flexibility index (Phi) is 5.89. The maximum Gasteiger partial charge on any atom is 0.256 e. The number of carbonyl (C=O) groups is 1. The highest BCUT2D eigenvalue weighted by Gasteiger charge is 2.13. The van der Waals surface area contributed by atoms with E-state index in [2.05, 4.69) is 27.9 Å². The predicted octanol–water partition coefficient (Wildman–Crippen LogP) is 6.12. The zero-order valence-corrected chi connectivity index (χ0v) is 16.2. The summed E-state index contributed by atoms with van der Waals surface area (Å²) in [4.78, 5) is 12.9. The predicted molar refractivity (Wildman–Crippen MR) is 114 cm³/mol. The minimum absolute atomic E-state index is 0.174. The van der Waals surface area contributed by atoms with Gasteiger partial charge < -0.3 is 5.32 Å². The van der Waals surface area contributed by atoms with E-state index in [0.29, 0.717) is 10.6 Å². The minimum Gasteiger partial charge on any atom is -0.322 e. The summed E-state index contributed by atoms with van der Waals surface area (Å²) in [5, 5.41) is 3.56. The van der Waals surface area contributed by atoms with Crippen LogP contribution in [0.15, 0.2) is 78.9 Å². The molecule has 0 bridgehead atoms. The number of halogens is 2. The van der Waals surface area contributed by atoms with Crippen LogP contribution in [0, 0.1) is 3.57 Å². The number of rotatable bonds is 4. The lowest BCUT2D eigenvalue weighted by Gasteiger charge is -2.10. The normalized spacial score (nSPS) is 11.2. The van der Waals surface area contributed by atoms with Gasteiger partial charge in [-0.2, -0.15) is 0 Å². The highest BCUT2D eigenvalue weighted by atomic mass is 127. The molecule has 0 saturated heterocycles. The van der Waals surface area contributed by atoms with E-state index in [1.807, 2.05) is 84.9 Å². The van der Waals surface area contributed by atoms with Crippen molar-refractivity contribution in [3.63, 3.8) is 0 Å². The van der Waals surface area contributed by atoms with E-state index in [1.165, 1.54) is 0 Å². The van der Waals surface area contributed by atoms with Crippen molar-refractivity contribution in [3.8, 4) is 0 Å². The molecule has 0 saturated carbocycles. The number of carbonyl (C=O) groups excluding carboxylic acids is 1. The Bertz CT molecular complexity index is 905. The van der Waals surface area contributed by atoms with Crippen molar-refractivity contribution in [2.75, 3.05) is 5.32 Å². The second kappa shape index (κ2) is 8.32. The van der Waals surface area contributed by atoms with E-state index in [1.54, 1.807) is 0 Å². The summed E-state index contributed by atoms with van der Waals surface area (Å²) >= 11 is 8.49. The van der Waals surface area contributed by atoms with Gasteiger partial charge in [-0.05, 0) is 70.1 Å². The standard InChI is InChI=1S/C21H15ClINO/c22-20-9-5-4-8-16(20)14-19(15-6-2-1-3-7-15)21(25)24-18-12-10-17(23)11-13-18/h1-14H,(H,24,25)/b19-14+. The summed E-state index contributed by atoms with van der Waals surface area (Å²) in [6.45, 7) is 0. The quantitative estimate of drug-likeness (QED) is 0.284. The molecule has 0 aliphatic rings. The van der Waals surface area contributed by atoms with E-state index < -0.39 is 0 Å². The van der Waals surface area contributed by atoms with Crippen LogP contribution in [0.3, 0.4) is 0 Å². The van der Waals surface area contributed by atoms with Gasteiger partial charge in [-0.3, -0.25) is 4.79 Å². The lowest BCUT2D eigenvalue weighted by atomic mass is 10.0. The molecule has 2 nitrogen and oxygen atoms in total. The SMILES string of the molecule is O=C(Nc1ccc(I)cc1)/C(=C/c1ccccc1Cl)c1ccccc1. The van der Waals surface area contributed by atoms with Crippen LogP contribution in [-0.4, -0.2) is 5.91 Å². The Hall–Kier alpha value is -2.11. The van der Waals surface area contributed by atoms with Crippen molar-refractivity contribution in [2.24, 2.45) is 0 Å². The van der Waals surface area contributed by atoms with E-state index in [0.717, 1.165) is 20.4 Å². The molecule has 0 atom stereocenters. The van der Waals surface area contributed by atoms with Gasteiger partial charge in [-0.25, -0.2) is 0 Å². The van der Waals surface area contributed by atoms with E-state index in [9.17, 15) is 4.79 Å². The molecule has 1 amide bonds. The fourth-order valence-electron chi connectivity index (χ4n) is 2.38. The fourth-order valence-corrected chi connectivity index (χ4v) is 2.93. The Morgan fingerprint density at radius 3 is 2.20 bits per heavy atom. The molecule has 3 aromatic carbocycles. The van der Waals surface area contributed by atoms with Gasteiger partial charge in [0.25, 0.3) is 5.91 Å². The molecule has 0 aromatic heterocycles. The molecule has 0 radical (unpaired) electrons. The Morgan fingerprint density at radius 1 is 0.880 bits per heavy atom. The maximum absolute atomic E-state index is 12.9. The lowest BCUT2D eigenvalue weighted by molar-refractivity contribution is -0.111. The first-order chi connectivity index (χ1) is 12.1. The molecule has 0 fully saturated rings. The third-order valence-corrected chi connectivity index (χ3v) is 4.70. The van der Waals surface area contributed by atoms with Crippen molar-refractivity contribution in [3.05, 3.63) is 98.6 Å². The first-order valence-electron chi connectivity index (χ1n) is 7.72. The van der Waals surface area contributed by atoms with Crippen LogP contribution in [0.1, 0.15) is 11.1 Å². The first-order valence-corrected chi connectivity index (χ1v) is 9.18. The van der Waals surface area contributed by atoms with Gasteiger partial charge in [0, 0.05) is 19.9 Å². The van der Waals surface area contributed by atoms with E-state index in [4.69, 9.17) is 11.6 Å². The van der Waals surface area contributed by atoms with Crippen molar-refractivity contribution >= 4 is 57.4 Å². The molecule has 0 aliphatic carbocycles. The zero-order chi connectivity index (χ0) is 17.6. The number of nitrogens with one attached hydrogen (secondary N) is 1. The second-order valence-electron chi connectivity index (χ2n) is 5.41. The van der Waals surface area contributed by atoms with Crippen LogP contribution < -0.4 is 5.32 Å². The molecule has 0 spiro atoms. The molecule has 0 aliphatic heterocycles.